The van der Waals surface area contributed by atoms with Gasteiger partial charge in [-0.1, -0.05) is 13.0 Å². The molecule has 1 aliphatic rings. The summed E-state index contributed by atoms with van der Waals surface area (Å²) in [6.07, 6.45) is 1.30. The van der Waals surface area contributed by atoms with Gasteiger partial charge in [0.2, 0.25) is 0 Å². The molecule has 0 aliphatic carbocycles. The first-order valence-electron chi connectivity index (χ1n) is 12.7. The largest absolute Gasteiger partial charge is 0.493 e. The van der Waals surface area contributed by atoms with Gasteiger partial charge < -0.3 is 14.6 Å². The maximum atomic E-state index is 15.4. The Kier molecular flexibility index (Phi) is 6.43. The van der Waals surface area contributed by atoms with Crippen molar-refractivity contribution in [3.8, 4) is 16.9 Å². The molecule has 2 heterocycles. The minimum atomic E-state index is -1.32. The normalized spacial score (nSPS) is 13.9. The van der Waals surface area contributed by atoms with Crippen LogP contribution in [-0.2, 0) is 16.0 Å². The van der Waals surface area contributed by atoms with Gasteiger partial charge in [0.25, 0.3) is 0 Å². The number of carbonyl (C=O) groups is 2. The first-order valence-corrected chi connectivity index (χ1v) is 12.7. The summed E-state index contributed by atoms with van der Waals surface area (Å²) in [6.45, 7) is 9.45. The van der Waals surface area contributed by atoms with Crippen LogP contribution in [0.4, 0.5) is 4.39 Å². The van der Waals surface area contributed by atoms with Crippen LogP contribution in [0.3, 0.4) is 0 Å². The number of nitrogens with zero attached hydrogens (tertiary/aromatic N) is 1. The molecule has 0 radical (unpaired) electrons. The fourth-order valence-corrected chi connectivity index (χ4v) is 5.30. The number of pyridine rings is 1. The van der Waals surface area contributed by atoms with Crippen LogP contribution in [0.15, 0.2) is 42.6 Å². The SMILES string of the molecule is CCC(=O)c1cc2cc(C)c([C@H](OC(C)(C)C)C(=O)O)c(-c3ccc4c5c(ccnc35)CCO4)c2cc1F. The van der Waals surface area contributed by atoms with Gasteiger partial charge in [-0.05, 0) is 85.5 Å². The average Bonchev–Trinajstić information content (AvgIpc) is 2.86. The Morgan fingerprint density at radius 2 is 1.95 bits per heavy atom. The molecule has 0 saturated heterocycles. The van der Waals surface area contributed by atoms with Crippen LogP contribution in [0.2, 0.25) is 0 Å². The number of ether oxygens (including phenoxy) is 2. The maximum Gasteiger partial charge on any atom is 0.337 e. The van der Waals surface area contributed by atoms with Crippen LogP contribution in [-0.4, -0.2) is 34.1 Å². The fourth-order valence-electron chi connectivity index (χ4n) is 5.30. The van der Waals surface area contributed by atoms with E-state index in [1.165, 1.54) is 6.07 Å². The van der Waals surface area contributed by atoms with E-state index in [-0.39, 0.29) is 17.8 Å². The Hall–Kier alpha value is -3.84. The van der Waals surface area contributed by atoms with Gasteiger partial charge in [-0.3, -0.25) is 9.78 Å². The standard InChI is InChI=1S/C31H30FNO5/c1-6-23(34)21-14-18-13-16(2)25(29(30(35)36)38-31(3,4)5)27(20(18)15-22(21)32)19-7-8-24-26-17(10-12-37-24)9-11-33-28(19)26/h7-9,11,13-15,29H,6,10,12H2,1-5H3,(H,35,36)/t29-/m0/s1. The number of halogens is 1. The number of carboxylic acid groups (broad SMARTS) is 1. The topological polar surface area (TPSA) is 85.7 Å². The Morgan fingerprint density at radius 1 is 1.18 bits per heavy atom. The number of benzene rings is 3. The molecule has 0 bridgehead atoms. The minimum absolute atomic E-state index is 0.0160. The van der Waals surface area contributed by atoms with Crippen molar-refractivity contribution in [2.75, 3.05) is 6.61 Å². The molecule has 0 saturated carbocycles. The third kappa shape index (κ3) is 4.41. The van der Waals surface area contributed by atoms with Crippen LogP contribution in [0.1, 0.15) is 67.3 Å². The van der Waals surface area contributed by atoms with Crippen LogP contribution in [0, 0.1) is 12.7 Å². The number of ketones is 1. The van der Waals surface area contributed by atoms with Crippen molar-refractivity contribution in [3.63, 3.8) is 0 Å². The first-order chi connectivity index (χ1) is 18.0. The molecule has 3 aromatic carbocycles. The average molecular weight is 516 g/mol. The predicted molar refractivity (Wildman–Crippen MR) is 144 cm³/mol. The molecule has 5 rings (SSSR count). The summed E-state index contributed by atoms with van der Waals surface area (Å²) < 4.78 is 27.4. The van der Waals surface area contributed by atoms with Crippen molar-refractivity contribution in [3.05, 3.63) is 70.7 Å². The van der Waals surface area contributed by atoms with Gasteiger partial charge in [0.15, 0.2) is 11.9 Å². The lowest BCUT2D eigenvalue weighted by Crippen LogP contribution is -2.28. The number of aliphatic carboxylic acids is 1. The lowest BCUT2D eigenvalue weighted by molar-refractivity contribution is -0.160. The van der Waals surface area contributed by atoms with Gasteiger partial charge >= 0.3 is 5.97 Å². The summed E-state index contributed by atoms with van der Waals surface area (Å²) in [5.74, 6) is -1.39. The summed E-state index contributed by atoms with van der Waals surface area (Å²) in [5, 5.41) is 12.3. The first kappa shape index (κ1) is 25.8. The highest BCUT2D eigenvalue weighted by molar-refractivity contribution is 6.10. The Balaban J connectivity index is 1.93. The summed E-state index contributed by atoms with van der Waals surface area (Å²) in [6, 6.07) is 10.3. The molecule has 0 fully saturated rings. The van der Waals surface area contributed by atoms with Crippen LogP contribution in [0.25, 0.3) is 32.8 Å². The van der Waals surface area contributed by atoms with E-state index in [1.807, 2.05) is 25.1 Å². The lowest BCUT2D eigenvalue weighted by atomic mass is 9.84. The number of aromatic nitrogens is 1. The van der Waals surface area contributed by atoms with Crippen LogP contribution >= 0.6 is 0 Å². The van der Waals surface area contributed by atoms with Gasteiger partial charge in [-0.2, -0.15) is 0 Å². The number of carboxylic acids is 1. The lowest BCUT2D eigenvalue weighted by Gasteiger charge is -2.29. The third-order valence-corrected chi connectivity index (χ3v) is 6.89. The molecule has 196 valence electrons. The fraction of sp³-hybridized carbons (Fsp3) is 0.323. The number of hydrogen-bond donors (Lipinski definition) is 1. The predicted octanol–water partition coefficient (Wildman–Crippen LogP) is 6.97. The van der Waals surface area contributed by atoms with Gasteiger partial charge in [0.05, 0.1) is 23.3 Å². The van der Waals surface area contributed by atoms with Crippen molar-refractivity contribution in [1.29, 1.82) is 0 Å². The Morgan fingerprint density at radius 3 is 2.63 bits per heavy atom. The quantitative estimate of drug-likeness (QED) is 0.279. The molecule has 1 atom stereocenters. The second kappa shape index (κ2) is 9.48. The molecular formula is C31H30FNO5. The Labute approximate surface area is 220 Å². The second-order valence-electron chi connectivity index (χ2n) is 10.7. The number of aryl methyl sites for hydroxylation is 1. The van der Waals surface area contributed by atoms with E-state index in [0.717, 1.165) is 17.4 Å². The van der Waals surface area contributed by atoms with E-state index in [4.69, 9.17) is 9.47 Å². The van der Waals surface area contributed by atoms with E-state index in [1.54, 1.807) is 46.0 Å². The van der Waals surface area contributed by atoms with Gasteiger partial charge in [-0.15, -0.1) is 0 Å². The van der Waals surface area contributed by atoms with E-state index in [2.05, 4.69) is 4.98 Å². The van der Waals surface area contributed by atoms with Gasteiger partial charge in [0.1, 0.15) is 11.6 Å². The highest BCUT2D eigenvalue weighted by Crippen LogP contribution is 2.45. The molecule has 0 amide bonds. The number of hydrogen-bond acceptors (Lipinski definition) is 5. The van der Waals surface area contributed by atoms with Crippen LogP contribution in [0.5, 0.6) is 5.75 Å². The number of rotatable bonds is 6. The van der Waals surface area contributed by atoms with E-state index in [0.29, 0.717) is 50.9 Å². The maximum absolute atomic E-state index is 15.4. The van der Waals surface area contributed by atoms with Gasteiger partial charge in [-0.25, -0.2) is 9.18 Å². The molecule has 6 nitrogen and oxygen atoms in total. The zero-order valence-corrected chi connectivity index (χ0v) is 22.1. The monoisotopic (exact) mass is 515 g/mol. The van der Waals surface area contributed by atoms with E-state index >= 15 is 4.39 Å². The summed E-state index contributed by atoms with van der Waals surface area (Å²) in [5.41, 5.74) is 3.22. The Bertz CT molecular complexity index is 1610. The third-order valence-electron chi connectivity index (χ3n) is 6.89. The summed E-state index contributed by atoms with van der Waals surface area (Å²) in [7, 11) is 0. The molecule has 38 heavy (non-hydrogen) atoms. The number of Topliss-reactive ketones (excluding diaryl/α,β-unsaturated/α-hetero) is 1. The second-order valence-corrected chi connectivity index (χ2v) is 10.7. The van der Waals surface area contributed by atoms with Crippen molar-refractivity contribution in [2.24, 2.45) is 0 Å². The van der Waals surface area contributed by atoms with Gasteiger partial charge in [0, 0.05) is 35.6 Å². The molecule has 1 aliphatic heterocycles. The van der Waals surface area contributed by atoms with E-state index in [9.17, 15) is 14.7 Å². The van der Waals surface area contributed by atoms with Crippen molar-refractivity contribution in [2.45, 2.75) is 59.2 Å². The van der Waals surface area contributed by atoms with Crippen molar-refractivity contribution < 1.29 is 28.6 Å². The minimum Gasteiger partial charge on any atom is -0.493 e. The van der Waals surface area contributed by atoms with Crippen molar-refractivity contribution in [1.82, 2.24) is 4.98 Å². The molecule has 1 aromatic heterocycles. The highest BCUT2D eigenvalue weighted by Gasteiger charge is 2.33. The number of carbonyl (C=O) groups excluding carboxylic acids is 1. The van der Waals surface area contributed by atoms with E-state index < -0.39 is 23.5 Å². The number of fused-ring (bicyclic) bond motifs is 1. The highest BCUT2D eigenvalue weighted by atomic mass is 19.1. The molecular weight excluding hydrogens is 485 g/mol. The van der Waals surface area contributed by atoms with Crippen LogP contribution < -0.4 is 4.74 Å². The zero-order chi connectivity index (χ0) is 27.4. The summed E-state index contributed by atoms with van der Waals surface area (Å²) in [4.78, 5) is 29.8. The molecule has 0 unspecified atom stereocenters. The molecule has 4 aromatic rings. The zero-order valence-electron chi connectivity index (χ0n) is 22.1. The molecule has 1 N–H and O–H groups in total. The molecule has 7 heteroatoms. The smallest absolute Gasteiger partial charge is 0.337 e. The summed E-state index contributed by atoms with van der Waals surface area (Å²) >= 11 is 0. The van der Waals surface area contributed by atoms with Crippen molar-refractivity contribution >= 4 is 33.4 Å². The molecule has 0 spiro atoms.